The molecule has 0 atom stereocenters. The van der Waals surface area contributed by atoms with E-state index in [-0.39, 0.29) is 0 Å². The molecule has 1 N–H and O–H groups in total. The second-order valence-corrected chi connectivity index (χ2v) is 4.94. The SMILES string of the molecule is CCCOc1cccnc1NCCc1ccc(Cl)cc1. The molecule has 0 aliphatic heterocycles. The van der Waals surface area contributed by atoms with Crippen molar-refractivity contribution in [1.82, 2.24) is 4.98 Å². The predicted molar refractivity (Wildman–Crippen MR) is 83.7 cm³/mol. The Hall–Kier alpha value is -1.74. The molecule has 4 heteroatoms. The minimum absolute atomic E-state index is 0.706. The lowest BCUT2D eigenvalue weighted by atomic mass is 10.1. The number of anilines is 1. The van der Waals surface area contributed by atoms with Crippen LogP contribution in [0.1, 0.15) is 18.9 Å². The summed E-state index contributed by atoms with van der Waals surface area (Å²) in [7, 11) is 0. The van der Waals surface area contributed by atoms with Gasteiger partial charge in [0.05, 0.1) is 6.61 Å². The molecule has 0 radical (unpaired) electrons. The van der Waals surface area contributed by atoms with Gasteiger partial charge in [-0.2, -0.15) is 0 Å². The van der Waals surface area contributed by atoms with Gasteiger partial charge in [-0.1, -0.05) is 30.7 Å². The lowest BCUT2D eigenvalue weighted by molar-refractivity contribution is 0.318. The van der Waals surface area contributed by atoms with Gasteiger partial charge in [0.2, 0.25) is 0 Å². The monoisotopic (exact) mass is 290 g/mol. The average molecular weight is 291 g/mol. The molecule has 3 nitrogen and oxygen atoms in total. The summed E-state index contributed by atoms with van der Waals surface area (Å²) in [5.74, 6) is 1.61. The van der Waals surface area contributed by atoms with Crippen LogP contribution in [0, 0.1) is 0 Å². The number of hydrogen-bond acceptors (Lipinski definition) is 3. The Kier molecular flexibility index (Phi) is 5.69. The number of ether oxygens (including phenoxy) is 1. The van der Waals surface area contributed by atoms with Crippen LogP contribution in [0.3, 0.4) is 0 Å². The smallest absolute Gasteiger partial charge is 0.168 e. The van der Waals surface area contributed by atoms with Gasteiger partial charge in [-0.25, -0.2) is 4.98 Å². The Bertz CT molecular complexity index is 528. The number of rotatable bonds is 7. The third-order valence-corrected chi connectivity index (χ3v) is 3.10. The average Bonchev–Trinajstić information content (AvgIpc) is 2.48. The molecular weight excluding hydrogens is 272 g/mol. The van der Waals surface area contributed by atoms with Crippen molar-refractivity contribution in [3.63, 3.8) is 0 Å². The lowest BCUT2D eigenvalue weighted by Gasteiger charge is -2.11. The zero-order chi connectivity index (χ0) is 14.2. The maximum Gasteiger partial charge on any atom is 0.168 e. The number of aromatic nitrogens is 1. The van der Waals surface area contributed by atoms with Gasteiger partial charge in [0.25, 0.3) is 0 Å². The normalized spacial score (nSPS) is 10.3. The fraction of sp³-hybridized carbons (Fsp3) is 0.312. The molecule has 1 heterocycles. The number of pyridine rings is 1. The van der Waals surface area contributed by atoms with E-state index in [1.165, 1.54) is 5.56 Å². The molecule has 0 aliphatic carbocycles. The number of hydrogen-bond donors (Lipinski definition) is 1. The van der Waals surface area contributed by atoms with E-state index in [1.54, 1.807) is 6.20 Å². The van der Waals surface area contributed by atoms with Gasteiger partial charge in [-0.3, -0.25) is 0 Å². The van der Waals surface area contributed by atoms with Gasteiger partial charge in [0.1, 0.15) is 0 Å². The zero-order valence-electron chi connectivity index (χ0n) is 11.6. The summed E-state index contributed by atoms with van der Waals surface area (Å²) in [5.41, 5.74) is 1.24. The van der Waals surface area contributed by atoms with Gasteiger partial charge in [0, 0.05) is 17.8 Å². The summed E-state index contributed by atoms with van der Waals surface area (Å²) < 4.78 is 5.66. The van der Waals surface area contributed by atoms with Gasteiger partial charge in [-0.15, -0.1) is 0 Å². The quantitative estimate of drug-likeness (QED) is 0.831. The number of nitrogens with one attached hydrogen (secondary N) is 1. The summed E-state index contributed by atoms with van der Waals surface area (Å²) in [5, 5.41) is 4.08. The molecule has 2 rings (SSSR count). The minimum Gasteiger partial charge on any atom is -0.490 e. The first-order valence-corrected chi connectivity index (χ1v) is 7.23. The van der Waals surface area contributed by atoms with Crippen LogP contribution >= 0.6 is 11.6 Å². The highest BCUT2D eigenvalue weighted by molar-refractivity contribution is 6.30. The molecular formula is C16H19ClN2O. The minimum atomic E-state index is 0.706. The molecule has 0 amide bonds. The van der Waals surface area contributed by atoms with Crippen LogP contribution in [0.25, 0.3) is 0 Å². The van der Waals surface area contributed by atoms with Crippen LogP contribution in [-0.2, 0) is 6.42 Å². The molecule has 20 heavy (non-hydrogen) atoms. The predicted octanol–water partition coefficient (Wildman–Crippen LogP) is 4.18. The summed E-state index contributed by atoms with van der Waals surface area (Å²) in [6.45, 7) is 3.60. The van der Waals surface area contributed by atoms with Gasteiger partial charge < -0.3 is 10.1 Å². The summed E-state index contributed by atoms with van der Waals surface area (Å²) in [6.07, 6.45) is 3.67. The van der Waals surface area contributed by atoms with Gasteiger partial charge in [0.15, 0.2) is 11.6 Å². The van der Waals surface area contributed by atoms with Gasteiger partial charge >= 0.3 is 0 Å². The summed E-state index contributed by atoms with van der Waals surface area (Å²) in [4.78, 5) is 4.32. The molecule has 0 unspecified atom stereocenters. The first-order chi connectivity index (χ1) is 9.79. The maximum absolute atomic E-state index is 5.87. The highest BCUT2D eigenvalue weighted by Gasteiger charge is 2.03. The van der Waals surface area contributed by atoms with Crippen LogP contribution < -0.4 is 10.1 Å². The Balaban J connectivity index is 1.88. The summed E-state index contributed by atoms with van der Waals surface area (Å²) in [6, 6.07) is 11.7. The zero-order valence-corrected chi connectivity index (χ0v) is 12.4. The van der Waals surface area contributed by atoms with Crippen LogP contribution in [0.2, 0.25) is 5.02 Å². The molecule has 0 saturated heterocycles. The molecule has 0 spiro atoms. The van der Waals surface area contributed by atoms with Crippen molar-refractivity contribution in [2.24, 2.45) is 0 Å². The van der Waals surface area contributed by atoms with E-state index < -0.39 is 0 Å². The van der Waals surface area contributed by atoms with Crippen LogP contribution in [0.15, 0.2) is 42.6 Å². The van der Waals surface area contributed by atoms with Gasteiger partial charge in [-0.05, 0) is 42.7 Å². The molecule has 0 bridgehead atoms. The molecule has 1 aromatic heterocycles. The molecule has 1 aromatic carbocycles. The Labute approximate surface area is 124 Å². The fourth-order valence-corrected chi connectivity index (χ4v) is 1.95. The lowest BCUT2D eigenvalue weighted by Crippen LogP contribution is -2.08. The van der Waals surface area contributed by atoms with E-state index in [0.29, 0.717) is 6.61 Å². The fourth-order valence-electron chi connectivity index (χ4n) is 1.83. The molecule has 106 valence electrons. The third kappa shape index (κ3) is 4.42. The highest BCUT2D eigenvalue weighted by atomic mass is 35.5. The van der Waals surface area contributed by atoms with E-state index >= 15 is 0 Å². The first-order valence-electron chi connectivity index (χ1n) is 6.85. The Morgan fingerprint density at radius 2 is 2.00 bits per heavy atom. The largest absolute Gasteiger partial charge is 0.490 e. The molecule has 0 fully saturated rings. The van der Waals surface area contributed by atoms with E-state index in [2.05, 4.69) is 17.2 Å². The Morgan fingerprint density at radius 3 is 2.75 bits per heavy atom. The molecule has 0 saturated carbocycles. The molecule has 0 aliphatic rings. The number of nitrogens with zero attached hydrogens (tertiary/aromatic N) is 1. The van der Waals surface area contributed by atoms with E-state index in [4.69, 9.17) is 16.3 Å². The highest BCUT2D eigenvalue weighted by Crippen LogP contribution is 2.21. The third-order valence-electron chi connectivity index (χ3n) is 2.85. The molecule has 2 aromatic rings. The van der Waals surface area contributed by atoms with E-state index in [1.807, 2.05) is 36.4 Å². The van der Waals surface area contributed by atoms with Crippen molar-refractivity contribution in [2.75, 3.05) is 18.5 Å². The Morgan fingerprint density at radius 1 is 1.20 bits per heavy atom. The van der Waals surface area contributed by atoms with Crippen molar-refractivity contribution in [3.05, 3.63) is 53.2 Å². The second kappa shape index (κ2) is 7.75. The van der Waals surface area contributed by atoms with Crippen LogP contribution in [0.5, 0.6) is 5.75 Å². The van der Waals surface area contributed by atoms with E-state index in [9.17, 15) is 0 Å². The van der Waals surface area contributed by atoms with Crippen molar-refractivity contribution in [2.45, 2.75) is 19.8 Å². The van der Waals surface area contributed by atoms with Crippen molar-refractivity contribution < 1.29 is 4.74 Å². The van der Waals surface area contributed by atoms with Crippen molar-refractivity contribution >= 4 is 17.4 Å². The topological polar surface area (TPSA) is 34.1 Å². The van der Waals surface area contributed by atoms with Crippen molar-refractivity contribution in [3.8, 4) is 5.75 Å². The second-order valence-electron chi connectivity index (χ2n) is 4.50. The van der Waals surface area contributed by atoms with Crippen LogP contribution in [-0.4, -0.2) is 18.1 Å². The van der Waals surface area contributed by atoms with Crippen LogP contribution in [0.4, 0.5) is 5.82 Å². The maximum atomic E-state index is 5.87. The standard InChI is InChI=1S/C16H19ClN2O/c1-2-12-20-15-4-3-10-18-16(15)19-11-9-13-5-7-14(17)8-6-13/h3-8,10H,2,9,11-12H2,1H3,(H,18,19). The number of benzene rings is 1. The summed E-state index contributed by atoms with van der Waals surface area (Å²) >= 11 is 5.87. The number of halogens is 1. The van der Waals surface area contributed by atoms with Crippen molar-refractivity contribution in [1.29, 1.82) is 0 Å². The van der Waals surface area contributed by atoms with E-state index in [0.717, 1.165) is 36.0 Å². The first kappa shape index (κ1) is 14.7.